The molecule has 0 amide bonds. The lowest BCUT2D eigenvalue weighted by Gasteiger charge is -2.63. The number of fused-ring (bicyclic) bond motifs is 8. The molecule has 3 atom stereocenters. The Bertz CT molecular complexity index is 1940. The number of rotatable bonds is 0. The van der Waals surface area contributed by atoms with Crippen molar-refractivity contribution >= 4 is 53.9 Å². The van der Waals surface area contributed by atoms with Crippen LogP contribution in [0, 0.1) is 17.8 Å². The molecule has 6 aromatic carbocycles. The van der Waals surface area contributed by atoms with E-state index >= 15 is 0 Å². The molecule has 4 fully saturated rings. The van der Waals surface area contributed by atoms with Crippen LogP contribution in [-0.4, -0.2) is 0 Å². The van der Waals surface area contributed by atoms with Gasteiger partial charge in [-0.2, -0.15) is 0 Å². The summed E-state index contributed by atoms with van der Waals surface area (Å²) in [6.07, 6.45) is 7.25. The Kier molecular flexibility index (Phi) is 3.20. The summed E-state index contributed by atoms with van der Waals surface area (Å²) in [6, 6.07) is 33.0. The summed E-state index contributed by atoms with van der Waals surface area (Å²) in [4.78, 5) is 0. The summed E-state index contributed by atoms with van der Waals surface area (Å²) in [6.45, 7) is 0. The van der Waals surface area contributed by atoms with Crippen LogP contribution in [0.15, 0.2) is 84.9 Å². The standard InChI is InChI=1S/C36H28/c1-3-9-25-23(7-1)24-8-2-4-10-26(24)32-28-12-6-14-30-34(28)33-27(31(25)32)11-5-13-29(33)35-22-16-20-15-21(17-22)19-36(30,35)18-20/h1-14,20-22,35H,15-19H2. The van der Waals surface area contributed by atoms with E-state index < -0.39 is 0 Å². The Morgan fingerprint density at radius 2 is 1.03 bits per heavy atom. The molecule has 0 aliphatic heterocycles. The van der Waals surface area contributed by atoms with Crippen LogP contribution in [-0.2, 0) is 5.41 Å². The normalized spacial score (nSPS) is 29.8. The van der Waals surface area contributed by atoms with Gasteiger partial charge in [0, 0.05) is 5.41 Å². The molecule has 3 unspecified atom stereocenters. The highest BCUT2D eigenvalue weighted by Crippen LogP contribution is 2.70. The van der Waals surface area contributed by atoms with Crippen molar-refractivity contribution in [2.75, 3.05) is 0 Å². The van der Waals surface area contributed by atoms with Gasteiger partial charge in [-0.1, -0.05) is 84.9 Å². The van der Waals surface area contributed by atoms with Gasteiger partial charge in [-0.15, -0.1) is 0 Å². The van der Waals surface area contributed by atoms with Gasteiger partial charge in [0.25, 0.3) is 0 Å². The molecule has 11 rings (SSSR count). The van der Waals surface area contributed by atoms with E-state index in [0.717, 1.165) is 17.8 Å². The second-order valence-electron chi connectivity index (χ2n) is 12.6. The van der Waals surface area contributed by atoms with Gasteiger partial charge in [-0.3, -0.25) is 0 Å². The van der Waals surface area contributed by atoms with Crippen molar-refractivity contribution in [3.8, 4) is 0 Å². The zero-order valence-electron chi connectivity index (χ0n) is 20.4. The van der Waals surface area contributed by atoms with Crippen LogP contribution in [0.2, 0.25) is 0 Å². The zero-order valence-corrected chi connectivity index (χ0v) is 20.4. The average Bonchev–Trinajstić information content (AvgIpc) is 2.91. The summed E-state index contributed by atoms with van der Waals surface area (Å²) >= 11 is 0. The Morgan fingerprint density at radius 1 is 0.472 bits per heavy atom. The van der Waals surface area contributed by atoms with Crippen LogP contribution in [0.3, 0.4) is 0 Å². The minimum absolute atomic E-state index is 0.357. The lowest BCUT2D eigenvalue weighted by molar-refractivity contribution is -0.0276. The predicted octanol–water partition coefficient (Wildman–Crippen LogP) is 9.63. The quantitative estimate of drug-likeness (QED) is 0.198. The minimum atomic E-state index is 0.357. The van der Waals surface area contributed by atoms with Gasteiger partial charge >= 0.3 is 0 Å². The van der Waals surface area contributed by atoms with Crippen LogP contribution < -0.4 is 0 Å². The van der Waals surface area contributed by atoms with E-state index in [1.165, 1.54) is 75.2 Å². The van der Waals surface area contributed by atoms with Gasteiger partial charge in [0.05, 0.1) is 0 Å². The Hall–Kier alpha value is -3.38. The van der Waals surface area contributed by atoms with E-state index in [4.69, 9.17) is 0 Å². The number of benzene rings is 6. The molecule has 0 aromatic heterocycles. The maximum Gasteiger partial charge on any atom is 0.00361 e. The molecule has 0 nitrogen and oxygen atoms in total. The predicted molar refractivity (Wildman–Crippen MR) is 152 cm³/mol. The van der Waals surface area contributed by atoms with E-state index in [1.54, 1.807) is 21.9 Å². The topological polar surface area (TPSA) is 0 Å². The summed E-state index contributed by atoms with van der Waals surface area (Å²) < 4.78 is 0. The third kappa shape index (κ3) is 1.98. The van der Waals surface area contributed by atoms with E-state index in [-0.39, 0.29) is 0 Å². The smallest absolute Gasteiger partial charge is 0.00361 e. The summed E-state index contributed by atoms with van der Waals surface area (Å²) in [5.41, 5.74) is 3.74. The maximum absolute atomic E-state index is 2.55. The molecule has 36 heavy (non-hydrogen) atoms. The molecular weight excluding hydrogens is 432 g/mol. The lowest BCUT2D eigenvalue weighted by Crippen LogP contribution is -2.54. The maximum atomic E-state index is 2.55. The SMILES string of the molecule is c1ccc2c(c1)c1ccccc1c1c3cccc4c3c3c(cccc3c21)C1C2CC3CC(C2)CC41C3. The fourth-order valence-electron chi connectivity index (χ4n) is 10.4. The molecule has 0 heteroatoms. The van der Waals surface area contributed by atoms with Crippen molar-refractivity contribution in [1.82, 2.24) is 0 Å². The van der Waals surface area contributed by atoms with Gasteiger partial charge in [-0.25, -0.2) is 0 Å². The van der Waals surface area contributed by atoms with E-state index in [2.05, 4.69) is 84.9 Å². The first-order valence-corrected chi connectivity index (χ1v) is 14.0. The summed E-state index contributed by atoms with van der Waals surface area (Å²) in [5.74, 6) is 3.46. The summed E-state index contributed by atoms with van der Waals surface area (Å²) in [7, 11) is 0. The number of hydrogen-bond acceptors (Lipinski definition) is 0. The second-order valence-corrected chi connectivity index (χ2v) is 12.6. The van der Waals surface area contributed by atoms with Gasteiger partial charge in [0.1, 0.15) is 0 Å². The highest BCUT2D eigenvalue weighted by atomic mass is 14.6. The largest absolute Gasteiger partial charge is 0.0616 e. The van der Waals surface area contributed by atoms with Crippen molar-refractivity contribution < 1.29 is 0 Å². The van der Waals surface area contributed by atoms with E-state index in [1.807, 2.05) is 0 Å². The lowest BCUT2D eigenvalue weighted by atomic mass is 9.41. The zero-order chi connectivity index (χ0) is 23.2. The van der Waals surface area contributed by atoms with Crippen molar-refractivity contribution in [2.45, 2.75) is 43.4 Å². The average molecular weight is 461 g/mol. The molecule has 0 saturated heterocycles. The van der Waals surface area contributed by atoms with Crippen molar-refractivity contribution in [3.05, 3.63) is 96.1 Å². The molecule has 0 radical (unpaired) electrons. The fourth-order valence-corrected chi connectivity index (χ4v) is 10.4. The van der Waals surface area contributed by atoms with E-state index in [0.29, 0.717) is 11.3 Å². The molecule has 4 bridgehead atoms. The van der Waals surface area contributed by atoms with Gasteiger partial charge < -0.3 is 0 Å². The molecule has 6 aromatic rings. The third-order valence-electron chi connectivity index (χ3n) is 11.1. The summed E-state index contributed by atoms with van der Waals surface area (Å²) in [5, 5.41) is 14.6. The van der Waals surface area contributed by atoms with Crippen molar-refractivity contribution in [2.24, 2.45) is 17.8 Å². The highest BCUT2D eigenvalue weighted by molar-refractivity contribution is 6.40. The Labute approximate surface area is 210 Å². The van der Waals surface area contributed by atoms with E-state index in [9.17, 15) is 0 Å². The monoisotopic (exact) mass is 460 g/mol. The minimum Gasteiger partial charge on any atom is -0.0616 e. The number of hydrogen-bond donors (Lipinski definition) is 0. The first kappa shape index (κ1) is 18.8. The van der Waals surface area contributed by atoms with Crippen LogP contribution in [0.4, 0.5) is 0 Å². The van der Waals surface area contributed by atoms with Crippen LogP contribution in [0.25, 0.3) is 53.9 Å². The van der Waals surface area contributed by atoms with Crippen LogP contribution in [0.1, 0.15) is 49.1 Å². The molecule has 172 valence electrons. The Morgan fingerprint density at radius 3 is 1.69 bits per heavy atom. The molecular formula is C36H28. The van der Waals surface area contributed by atoms with Crippen molar-refractivity contribution in [3.63, 3.8) is 0 Å². The van der Waals surface area contributed by atoms with Gasteiger partial charge in [0.15, 0.2) is 0 Å². The van der Waals surface area contributed by atoms with Crippen LogP contribution >= 0.6 is 0 Å². The highest BCUT2D eigenvalue weighted by Gasteiger charge is 2.59. The third-order valence-corrected chi connectivity index (χ3v) is 11.1. The molecule has 1 spiro atoms. The first-order chi connectivity index (χ1) is 17.8. The molecule has 4 saturated carbocycles. The van der Waals surface area contributed by atoms with Crippen LogP contribution in [0.5, 0.6) is 0 Å². The molecule has 5 aliphatic carbocycles. The van der Waals surface area contributed by atoms with Gasteiger partial charge in [0.2, 0.25) is 0 Å². The molecule has 0 N–H and O–H groups in total. The van der Waals surface area contributed by atoms with Gasteiger partial charge in [-0.05, 0) is 121 Å². The molecule has 0 heterocycles. The first-order valence-electron chi connectivity index (χ1n) is 14.0. The molecule has 5 aliphatic rings. The second kappa shape index (κ2) is 6.12. The Balaban J connectivity index is 1.53. The fraction of sp³-hybridized carbons (Fsp3) is 0.278. The van der Waals surface area contributed by atoms with Crippen molar-refractivity contribution in [1.29, 1.82) is 0 Å².